The molecule has 21 heavy (non-hydrogen) atoms. The van der Waals surface area contributed by atoms with Crippen molar-refractivity contribution < 1.29 is 14.3 Å². The third-order valence-electron chi connectivity index (χ3n) is 3.03. The second-order valence-electron chi connectivity index (χ2n) is 4.65. The number of nitrogens with one attached hydrogen (secondary N) is 3. The Bertz CT molecular complexity index is 491. The number of rotatable bonds is 6. The summed E-state index contributed by atoms with van der Waals surface area (Å²) in [6.45, 7) is 6.50. The number of carbonyl (C=O) groups is 2. The zero-order valence-corrected chi connectivity index (χ0v) is 12.9. The minimum Gasteiger partial charge on any atom is -0.481 e. The summed E-state index contributed by atoms with van der Waals surface area (Å²) >= 11 is 0. The predicted molar refractivity (Wildman–Crippen MR) is 81.2 cm³/mol. The highest BCUT2D eigenvalue weighted by Crippen LogP contribution is 2.25. The van der Waals surface area contributed by atoms with E-state index in [2.05, 4.69) is 16.0 Å². The molecule has 1 aromatic carbocycles. The van der Waals surface area contributed by atoms with Gasteiger partial charge in [0.05, 0.1) is 0 Å². The van der Waals surface area contributed by atoms with Crippen LogP contribution in [-0.4, -0.2) is 31.6 Å². The standard InChI is InChI=1S/C15H23N3O3/c1-5-17-10(2)12-8-6-7-9-13(12)21-11(3)14(19)18-15(20)16-4/h6-11,17H,5H2,1-4H3,(H2,16,18,19,20). The number of ether oxygens (including phenoxy) is 1. The average molecular weight is 293 g/mol. The van der Waals surface area contributed by atoms with Gasteiger partial charge in [-0.1, -0.05) is 25.1 Å². The van der Waals surface area contributed by atoms with Gasteiger partial charge in [0.15, 0.2) is 6.10 Å². The summed E-state index contributed by atoms with van der Waals surface area (Å²) < 4.78 is 5.69. The zero-order valence-electron chi connectivity index (χ0n) is 12.9. The Labute approximate surface area is 125 Å². The van der Waals surface area contributed by atoms with Gasteiger partial charge in [-0.25, -0.2) is 4.79 Å². The van der Waals surface area contributed by atoms with Crippen molar-refractivity contribution in [3.05, 3.63) is 29.8 Å². The molecule has 3 N–H and O–H groups in total. The first kappa shape index (κ1) is 17.0. The lowest BCUT2D eigenvalue weighted by atomic mass is 10.1. The van der Waals surface area contributed by atoms with Crippen LogP contribution in [0.3, 0.4) is 0 Å². The van der Waals surface area contributed by atoms with Crippen LogP contribution in [0.25, 0.3) is 0 Å². The molecule has 0 bridgehead atoms. The van der Waals surface area contributed by atoms with Crippen molar-refractivity contribution in [3.8, 4) is 5.75 Å². The number of hydrogen-bond donors (Lipinski definition) is 3. The Morgan fingerprint density at radius 3 is 2.52 bits per heavy atom. The van der Waals surface area contributed by atoms with E-state index in [4.69, 9.17) is 4.74 Å². The summed E-state index contributed by atoms with van der Waals surface area (Å²) in [5, 5.41) is 7.82. The lowest BCUT2D eigenvalue weighted by Crippen LogP contribution is -2.44. The molecule has 0 aliphatic heterocycles. The predicted octanol–water partition coefficient (Wildman–Crippen LogP) is 1.58. The fraction of sp³-hybridized carbons (Fsp3) is 0.467. The molecule has 0 aromatic heterocycles. The summed E-state index contributed by atoms with van der Waals surface area (Å²) in [5.41, 5.74) is 0.971. The number of urea groups is 1. The monoisotopic (exact) mass is 293 g/mol. The molecule has 2 unspecified atom stereocenters. The van der Waals surface area contributed by atoms with Crippen molar-refractivity contribution in [3.63, 3.8) is 0 Å². The molecular formula is C15H23N3O3. The molecule has 1 aromatic rings. The molecule has 116 valence electrons. The van der Waals surface area contributed by atoms with Gasteiger partial charge in [-0.05, 0) is 26.5 Å². The molecule has 0 saturated heterocycles. The minimum atomic E-state index is -0.766. The van der Waals surface area contributed by atoms with Gasteiger partial charge in [-0.15, -0.1) is 0 Å². The van der Waals surface area contributed by atoms with E-state index in [1.807, 2.05) is 38.1 Å². The van der Waals surface area contributed by atoms with Crippen LogP contribution in [0.15, 0.2) is 24.3 Å². The quantitative estimate of drug-likeness (QED) is 0.744. The van der Waals surface area contributed by atoms with E-state index in [0.29, 0.717) is 5.75 Å². The van der Waals surface area contributed by atoms with Crippen LogP contribution in [-0.2, 0) is 4.79 Å². The first-order chi connectivity index (χ1) is 9.99. The van der Waals surface area contributed by atoms with Gasteiger partial charge in [0.25, 0.3) is 5.91 Å². The smallest absolute Gasteiger partial charge is 0.321 e. The number of carbonyl (C=O) groups excluding carboxylic acids is 2. The van der Waals surface area contributed by atoms with E-state index >= 15 is 0 Å². The maximum Gasteiger partial charge on any atom is 0.321 e. The van der Waals surface area contributed by atoms with E-state index < -0.39 is 18.0 Å². The van der Waals surface area contributed by atoms with Gasteiger partial charge in [0, 0.05) is 18.7 Å². The Kier molecular flexibility index (Phi) is 6.68. The summed E-state index contributed by atoms with van der Waals surface area (Å²) in [6, 6.07) is 7.09. The third kappa shape index (κ3) is 5.07. The Hall–Kier alpha value is -2.08. The number of amides is 3. The van der Waals surface area contributed by atoms with E-state index in [9.17, 15) is 9.59 Å². The van der Waals surface area contributed by atoms with Crippen molar-refractivity contribution in [2.75, 3.05) is 13.6 Å². The molecule has 0 radical (unpaired) electrons. The molecule has 3 amide bonds. The van der Waals surface area contributed by atoms with Crippen LogP contribution in [0.5, 0.6) is 5.75 Å². The Balaban J connectivity index is 2.78. The Morgan fingerprint density at radius 1 is 1.24 bits per heavy atom. The highest BCUT2D eigenvalue weighted by atomic mass is 16.5. The number of imide groups is 1. The second-order valence-corrected chi connectivity index (χ2v) is 4.65. The summed E-state index contributed by atoms with van der Waals surface area (Å²) in [6.07, 6.45) is -0.766. The molecule has 0 heterocycles. The van der Waals surface area contributed by atoms with E-state index in [1.165, 1.54) is 7.05 Å². The zero-order chi connectivity index (χ0) is 15.8. The number of para-hydroxylation sites is 1. The third-order valence-corrected chi connectivity index (χ3v) is 3.03. The summed E-state index contributed by atoms with van der Waals surface area (Å²) in [7, 11) is 1.45. The average Bonchev–Trinajstić information content (AvgIpc) is 2.47. The van der Waals surface area contributed by atoms with Crippen LogP contribution in [0.1, 0.15) is 32.4 Å². The second kappa shape index (κ2) is 8.26. The molecular weight excluding hydrogens is 270 g/mol. The lowest BCUT2D eigenvalue weighted by Gasteiger charge is -2.20. The van der Waals surface area contributed by atoms with Crippen LogP contribution in [0.2, 0.25) is 0 Å². The van der Waals surface area contributed by atoms with Crippen molar-refractivity contribution >= 4 is 11.9 Å². The van der Waals surface area contributed by atoms with Gasteiger partial charge in [-0.3, -0.25) is 10.1 Å². The van der Waals surface area contributed by atoms with Crippen molar-refractivity contribution in [1.82, 2.24) is 16.0 Å². The van der Waals surface area contributed by atoms with Crippen molar-refractivity contribution in [2.45, 2.75) is 32.9 Å². The molecule has 2 atom stereocenters. The molecule has 0 fully saturated rings. The van der Waals surface area contributed by atoms with Gasteiger partial charge in [-0.2, -0.15) is 0 Å². The van der Waals surface area contributed by atoms with Crippen molar-refractivity contribution in [1.29, 1.82) is 0 Å². The molecule has 1 rings (SSSR count). The van der Waals surface area contributed by atoms with Gasteiger partial charge in [0.2, 0.25) is 0 Å². The fourth-order valence-corrected chi connectivity index (χ4v) is 1.88. The molecule has 6 nitrogen and oxygen atoms in total. The van der Waals surface area contributed by atoms with E-state index in [0.717, 1.165) is 12.1 Å². The van der Waals surface area contributed by atoms with E-state index in [1.54, 1.807) is 6.92 Å². The fourth-order valence-electron chi connectivity index (χ4n) is 1.88. The van der Waals surface area contributed by atoms with Gasteiger partial charge >= 0.3 is 6.03 Å². The van der Waals surface area contributed by atoms with Crippen LogP contribution in [0, 0.1) is 0 Å². The van der Waals surface area contributed by atoms with E-state index in [-0.39, 0.29) is 6.04 Å². The number of hydrogen-bond acceptors (Lipinski definition) is 4. The molecule has 0 spiro atoms. The van der Waals surface area contributed by atoms with Crippen LogP contribution in [0.4, 0.5) is 4.79 Å². The maximum absolute atomic E-state index is 11.8. The minimum absolute atomic E-state index is 0.111. The first-order valence-corrected chi connectivity index (χ1v) is 7.01. The topological polar surface area (TPSA) is 79.5 Å². The van der Waals surface area contributed by atoms with Gasteiger partial charge < -0.3 is 15.4 Å². The van der Waals surface area contributed by atoms with Crippen LogP contribution >= 0.6 is 0 Å². The van der Waals surface area contributed by atoms with Crippen LogP contribution < -0.4 is 20.7 Å². The summed E-state index contributed by atoms with van der Waals surface area (Å²) in [5.74, 6) is 0.144. The lowest BCUT2D eigenvalue weighted by molar-refractivity contribution is -0.126. The molecule has 0 aliphatic carbocycles. The highest BCUT2D eigenvalue weighted by molar-refractivity contribution is 5.96. The Morgan fingerprint density at radius 2 is 1.90 bits per heavy atom. The largest absolute Gasteiger partial charge is 0.481 e. The first-order valence-electron chi connectivity index (χ1n) is 7.01. The molecule has 0 saturated carbocycles. The van der Waals surface area contributed by atoms with Crippen molar-refractivity contribution in [2.24, 2.45) is 0 Å². The highest BCUT2D eigenvalue weighted by Gasteiger charge is 2.19. The van der Waals surface area contributed by atoms with Gasteiger partial charge in [0.1, 0.15) is 5.75 Å². The normalized spacial score (nSPS) is 13.1. The SMILES string of the molecule is CCNC(C)c1ccccc1OC(C)C(=O)NC(=O)NC. The molecule has 6 heteroatoms. The summed E-state index contributed by atoms with van der Waals surface area (Å²) in [4.78, 5) is 22.9. The maximum atomic E-state index is 11.8. The number of benzene rings is 1. The molecule has 0 aliphatic rings.